The van der Waals surface area contributed by atoms with Gasteiger partial charge < -0.3 is 10.1 Å². The van der Waals surface area contributed by atoms with Gasteiger partial charge in [-0.2, -0.15) is 0 Å². The molecule has 134 valence electrons. The Morgan fingerprint density at radius 2 is 1.92 bits per heavy atom. The van der Waals surface area contributed by atoms with Crippen LogP contribution in [0.3, 0.4) is 0 Å². The van der Waals surface area contributed by atoms with Crippen molar-refractivity contribution < 1.29 is 9.53 Å². The highest BCUT2D eigenvalue weighted by Crippen LogP contribution is 2.25. The first-order valence-corrected chi connectivity index (χ1v) is 9.16. The number of benzene rings is 2. The van der Waals surface area contributed by atoms with Crippen molar-refractivity contribution in [3.05, 3.63) is 59.5 Å². The van der Waals surface area contributed by atoms with Crippen LogP contribution in [0.25, 0.3) is 11.3 Å². The summed E-state index contributed by atoms with van der Waals surface area (Å²) in [6.07, 6.45) is 0. The van der Waals surface area contributed by atoms with Crippen molar-refractivity contribution in [2.75, 3.05) is 11.9 Å². The van der Waals surface area contributed by atoms with Gasteiger partial charge in [0.2, 0.25) is 0 Å². The lowest BCUT2D eigenvalue weighted by molar-refractivity contribution is -0.118. The van der Waals surface area contributed by atoms with Crippen molar-refractivity contribution in [2.45, 2.75) is 26.2 Å². The summed E-state index contributed by atoms with van der Waals surface area (Å²) in [6, 6.07) is 15.3. The van der Waals surface area contributed by atoms with E-state index in [9.17, 15) is 4.79 Å². The largest absolute Gasteiger partial charge is 0.484 e. The summed E-state index contributed by atoms with van der Waals surface area (Å²) in [6.45, 7) is 6.39. The highest BCUT2D eigenvalue weighted by Gasteiger charge is 2.14. The summed E-state index contributed by atoms with van der Waals surface area (Å²) in [7, 11) is 0. The lowest BCUT2D eigenvalue weighted by atomic mass is 9.87. The van der Waals surface area contributed by atoms with E-state index in [1.807, 2.05) is 47.8 Å². The lowest BCUT2D eigenvalue weighted by Gasteiger charge is -2.19. The monoisotopic (exact) mass is 367 g/mol. The van der Waals surface area contributed by atoms with Crippen molar-refractivity contribution in [1.82, 2.24) is 9.59 Å². The third kappa shape index (κ3) is 4.67. The second-order valence-corrected chi connectivity index (χ2v) is 7.59. The maximum absolute atomic E-state index is 12.1. The molecule has 0 spiro atoms. The molecule has 0 unspecified atom stereocenters. The molecule has 5 nitrogen and oxygen atoms in total. The smallest absolute Gasteiger partial charge is 0.262 e. The van der Waals surface area contributed by atoms with Gasteiger partial charge in [0.25, 0.3) is 5.91 Å². The molecule has 1 N–H and O–H groups in total. The van der Waals surface area contributed by atoms with Crippen molar-refractivity contribution in [3.63, 3.8) is 0 Å². The quantitative estimate of drug-likeness (QED) is 0.720. The molecule has 0 aliphatic heterocycles. The van der Waals surface area contributed by atoms with Crippen LogP contribution >= 0.6 is 11.5 Å². The summed E-state index contributed by atoms with van der Waals surface area (Å²) in [5.41, 5.74) is 3.72. The molecule has 2 aromatic carbocycles. The normalized spacial score (nSPS) is 11.2. The van der Waals surface area contributed by atoms with E-state index >= 15 is 0 Å². The molecule has 0 aliphatic rings. The van der Waals surface area contributed by atoms with Crippen molar-refractivity contribution in [2.24, 2.45) is 0 Å². The van der Waals surface area contributed by atoms with Crippen LogP contribution in [0.2, 0.25) is 0 Å². The zero-order valence-corrected chi connectivity index (χ0v) is 15.8. The molecule has 0 fully saturated rings. The molecule has 1 heterocycles. The molecule has 3 aromatic rings. The van der Waals surface area contributed by atoms with E-state index in [2.05, 4.69) is 41.7 Å². The van der Waals surface area contributed by atoms with Gasteiger partial charge in [0, 0.05) is 16.6 Å². The van der Waals surface area contributed by atoms with Gasteiger partial charge >= 0.3 is 0 Å². The van der Waals surface area contributed by atoms with Gasteiger partial charge in [-0.3, -0.25) is 4.79 Å². The minimum absolute atomic E-state index is 0.0364. The summed E-state index contributed by atoms with van der Waals surface area (Å²) in [4.78, 5) is 12.1. The fourth-order valence-electron chi connectivity index (χ4n) is 2.41. The number of nitrogens with zero attached hydrogens (tertiary/aromatic N) is 2. The number of hydrogen-bond donors (Lipinski definition) is 1. The van der Waals surface area contributed by atoms with E-state index in [0.717, 1.165) is 11.3 Å². The van der Waals surface area contributed by atoms with Crippen LogP contribution in [-0.2, 0) is 10.2 Å². The summed E-state index contributed by atoms with van der Waals surface area (Å²) in [5.74, 6) is 0.494. The third-order valence-corrected chi connectivity index (χ3v) is 4.40. The van der Waals surface area contributed by atoms with Crippen LogP contribution in [0.15, 0.2) is 53.9 Å². The summed E-state index contributed by atoms with van der Waals surface area (Å²) < 4.78 is 9.48. The summed E-state index contributed by atoms with van der Waals surface area (Å²) >= 11 is 1.31. The molecule has 0 aliphatic carbocycles. The number of aromatic nitrogens is 2. The highest BCUT2D eigenvalue weighted by molar-refractivity contribution is 7.03. The summed E-state index contributed by atoms with van der Waals surface area (Å²) in [5, 5.41) is 8.74. The Morgan fingerprint density at radius 1 is 1.15 bits per heavy atom. The third-order valence-electron chi connectivity index (χ3n) is 3.89. The molecular weight excluding hydrogens is 346 g/mol. The van der Waals surface area contributed by atoms with E-state index in [0.29, 0.717) is 11.4 Å². The predicted molar refractivity (Wildman–Crippen MR) is 105 cm³/mol. The molecule has 0 radical (unpaired) electrons. The molecule has 0 saturated carbocycles. The number of amides is 1. The predicted octanol–water partition coefficient (Wildman–Crippen LogP) is 4.52. The Hall–Kier alpha value is -2.73. The van der Waals surface area contributed by atoms with E-state index in [-0.39, 0.29) is 17.9 Å². The number of anilines is 1. The van der Waals surface area contributed by atoms with Crippen molar-refractivity contribution in [1.29, 1.82) is 0 Å². The molecule has 1 aromatic heterocycles. The van der Waals surface area contributed by atoms with Gasteiger partial charge in [-0.25, -0.2) is 0 Å². The van der Waals surface area contributed by atoms with E-state index in [1.54, 1.807) is 0 Å². The number of ether oxygens (including phenoxy) is 1. The Labute approximate surface area is 157 Å². The van der Waals surface area contributed by atoms with Crippen LogP contribution in [0.4, 0.5) is 5.69 Å². The first-order chi connectivity index (χ1) is 12.4. The molecule has 26 heavy (non-hydrogen) atoms. The average Bonchev–Trinajstić information content (AvgIpc) is 3.15. The van der Waals surface area contributed by atoms with Gasteiger partial charge in [0.15, 0.2) is 6.61 Å². The number of carbonyl (C=O) groups excluding carboxylic acids is 1. The van der Waals surface area contributed by atoms with Crippen LogP contribution in [0.5, 0.6) is 5.75 Å². The van der Waals surface area contributed by atoms with Gasteiger partial charge in [0.05, 0.1) is 0 Å². The van der Waals surface area contributed by atoms with Crippen LogP contribution in [-0.4, -0.2) is 22.1 Å². The van der Waals surface area contributed by atoms with E-state index in [1.165, 1.54) is 17.1 Å². The van der Waals surface area contributed by atoms with Gasteiger partial charge in [0.1, 0.15) is 11.4 Å². The molecule has 0 saturated heterocycles. The lowest BCUT2D eigenvalue weighted by Crippen LogP contribution is -2.20. The second-order valence-electron chi connectivity index (χ2n) is 6.98. The Morgan fingerprint density at radius 3 is 2.58 bits per heavy atom. The van der Waals surface area contributed by atoms with Gasteiger partial charge in [-0.1, -0.05) is 49.5 Å². The van der Waals surface area contributed by atoms with Crippen LogP contribution in [0.1, 0.15) is 26.3 Å². The van der Waals surface area contributed by atoms with Crippen LogP contribution in [0, 0.1) is 0 Å². The zero-order valence-electron chi connectivity index (χ0n) is 15.0. The van der Waals surface area contributed by atoms with Crippen molar-refractivity contribution >= 4 is 23.1 Å². The highest BCUT2D eigenvalue weighted by atomic mass is 32.1. The average molecular weight is 367 g/mol. The van der Waals surface area contributed by atoms with Gasteiger partial charge in [-0.15, -0.1) is 5.10 Å². The van der Waals surface area contributed by atoms with Crippen LogP contribution < -0.4 is 10.1 Å². The zero-order chi connectivity index (χ0) is 18.6. The maximum atomic E-state index is 12.1. The van der Waals surface area contributed by atoms with E-state index in [4.69, 9.17) is 4.74 Å². The first-order valence-electron chi connectivity index (χ1n) is 8.32. The fourth-order valence-corrected chi connectivity index (χ4v) is 2.88. The Balaban J connectivity index is 1.56. The number of carbonyl (C=O) groups is 1. The number of hydrogen-bond acceptors (Lipinski definition) is 5. The molecule has 0 bridgehead atoms. The molecule has 6 heteroatoms. The Kier molecular flexibility index (Phi) is 5.32. The van der Waals surface area contributed by atoms with Gasteiger partial charge in [-0.05, 0) is 46.8 Å². The number of nitrogens with one attached hydrogen (secondary N) is 1. The van der Waals surface area contributed by atoms with Crippen molar-refractivity contribution in [3.8, 4) is 17.0 Å². The van der Waals surface area contributed by atoms with E-state index < -0.39 is 0 Å². The second kappa shape index (κ2) is 7.66. The molecule has 0 atom stereocenters. The SMILES string of the molecule is CC(C)(C)c1cccc(OCC(=O)Nc2ccc(-c3csnn3)cc2)c1. The Bertz CT molecular complexity index is 869. The molecular formula is C20H21N3O2S. The first kappa shape index (κ1) is 18.1. The topological polar surface area (TPSA) is 64.1 Å². The number of rotatable bonds is 5. The maximum Gasteiger partial charge on any atom is 0.262 e. The molecule has 3 rings (SSSR count). The molecule has 1 amide bonds. The fraction of sp³-hybridized carbons (Fsp3) is 0.250. The minimum atomic E-state index is -0.200. The minimum Gasteiger partial charge on any atom is -0.484 e. The standard InChI is InChI=1S/C20H21N3O2S/c1-20(2,3)15-5-4-6-17(11-15)25-12-19(24)21-16-9-7-14(8-10-16)18-13-26-23-22-18/h4-11,13H,12H2,1-3H3,(H,21,24).